The number of nitrogens with two attached hydrogens (primary N) is 1. The molecule has 0 aliphatic heterocycles. The molecule has 5 nitrogen and oxygen atoms in total. The lowest BCUT2D eigenvalue weighted by Gasteiger charge is -2.10. The molecule has 0 saturated carbocycles. The molecule has 1 aromatic heterocycles. The Kier molecular flexibility index (Phi) is 3.96. The monoisotopic (exact) mass is 359 g/mol. The lowest BCUT2D eigenvalue weighted by molar-refractivity contribution is 0.0956. The number of carbonyl (C=O) groups is 1. The second-order valence-corrected chi connectivity index (χ2v) is 5.87. The fourth-order valence-corrected chi connectivity index (χ4v) is 2.87. The molecule has 6 heteroatoms. The quantitative estimate of drug-likeness (QED) is 0.626. The summed E-state index contributed by atoms with van der Waals surface area (Å²) < 4.78 is 0.938. The highest BCUT2D eigenvalue weighted by molar-refractivity contribution is 9.10. The van der Waals surface area contributed by atoms with Crippen LogP contribution in [0.4, 0.5) is 0 Å². The number of nitrogens with one attached hydrogen (secondary N) is 2. The molecule has 112 valence electrons. The van der Waals surface area contributed by atoms with Crippen molar-refractivity contribution in [3.8, 4) is 0 Å². The van der Waals surface area contributed by atoms with E-state index >= 15 is 0 Å². The van der Waals surface area contributed by atoms with Crippen LogP contribution >= 0.6 is 15.9 Å². The molecule has 0 spiro atoms. The number of amides is 1. The number of halogens is 1. The van der Waals surface area contributed by atoms with Crippen LogP contribution < -0.4 is 16.6 Å². The molecule has 2 aromatic carbocycles. The molecule has 0 bridgehead atoms. The Balaban J connectivity index is 2.34. The lowest BCUT2D eigenvalue weighted by Crippen LogP contribution is -2.29. The van der Waals surface area contributed by atoms with E-state index in [2.05, 4.69) is 26.2 Å². The van der Waals surface area contributed by atoms with E-state index in [-0.39, 0.29) is 11.5 Å². The molecule has 1 heterocycles. The number of pyridine rings is 1. The van der Waals surface area contributed by atoms with E-state index < -0.39 is 0 Å². The fourth-order valence-electron chi connectivity index (χ4n) is 2.51. The maximum atomic E-state index is 12.4. The molecule has 0 aliphatic carbocycles. The highest BCUT2D eigenvalue weighted by atomic mass is 79.9. The van der Waals surface area contributed by atoms with E-state index in [0.29, 0.717) is 24.0 Å². The molecule has 3 aromatic rings. The van der Waals surface area contributed by atoms with Crippen molar-refractivity contribution in [3.63, 3.8) is 0 Å². The largest absolute Gasteiger partial charge is 0.351 e. The summed E-state index contributed by atoms with van der Waals surface area (Å²) in [4.78, 5) is 26.7. The predicted molar refractivity (Wildman–Crippen MR) is 91.2 cm³/mol. The molecule has 0 unspecified atom stereocenters. The number of H-pyrrole nitrogens is 1. The average Bonchev–Trinajstić information content (AvgIpc) is 2.51. The van der Waals surface area contributed by atoms with Crippen LogP contribution in [-0.4, -0.2) is 24.0 Å². The zero-order chi connectivity index (χ0) is 15.7. The SMILES string of the molecule is NCCNC(=O)c1cc2ccc(Br)cc2c2c[nH]c(=O)cc12. The fraction of sp³-hybridized carbons (Fsp3) is 0.125. The minimum atomic E-state index is -0.241. The van der Waals surface area contributed by atoms with Crippen LogP contribution in [0.25, 0.3) is 21.5 Å². The highest BCUT2D eigenvalue weighted by Gasteiger charge is 2.13. The minimum absolute atomic E-state index is 0.231. The van der Waals surface area contributed by atoms with E-state index in [1.54, 1.807) is 12.3 Å². The number of carbonyl (C=O) groups excluding carboxylic acids is 1. The number of rotatable bonds is 3. The van der Waals surface area contributed by atoms with Crippen molar-refractivity contribution in [2.24, 2.45) is 5.73 Å². The van der Waals surface area contributed by atoms with Gasteiger partial charge in [-0.1, -0.05) is 22.0 Å². The molecular formula is C16H14BrN3O2. The molecule has 22 heavy (non-hydrogen) atoms. The van der Waals surface area contributed by atoms with Crippen molar-refractivity contribution in [2.75, 3.05) is 13.1 Å². The number of benzene rings is 2. The van der Waals surface area contributed by atoms with Crippen molar-refractivity contribution in [2.45, 2.75) is 0 Å². The third-order valence-corrected chi connectivity index (χ3v) is 3.99. The number of aromatic nitrogens is 1. The van der Waals surface area contributed by atoms with Gasteiger partial charge >= 0.3 is 0 Å². The third kappa shape index (κ3) is 2.63. The van der Waals surface area contributed by atoms with Crippen LogP contribution in [0, 0.1) is 0 Å². The first-order valence-corrected chi connectivity index (χ1v) is 7.62. The van der Waals surface area contributed by atoms with E-state index in [1.807, 2.05) is 18.2 Å². The zero-order valence-corrected chi connectivity index (χ0v) is 13.2. The summed E-state index contributed by atoms with van der Waals surface area (Å²) in [5.74, 6) is -0.231. The van der Waals surface area contributed by atoms with Crippen LogP contribution in [0.2, 0.25) is 0 Å². The third-order valence-electron chi connectivity index (χ3n) is 3.49. The standard InChI is InChI=1S/C16H14BrN3O2/c17-10-2-1-9-5-13(16(22)19-4-3-18)12-7-15(21)20-8-14(12)11(9)6-10/h1-2,5-8H,3-4,18H2,(H,19,22)(H,20,21). The average molecular weight is 360 g/mol. The Labute approximate surface area is 134 Å². The van der Waals surface area contributed by atoms with Gasteiger partial charge in [0.15, 0.2) is 0 Å². The van der Waals surface area contributed by atoms with Gasteiger partial charge in [0.1, 0.15) is 0 Å². The van der Waals surface area contributed by atoms with E-state index in [0.717, 1.165) is 20.6 Å². The van der Waals surface area contributed by atoms with Crippen molar-refractivity contribution >= 4 is 43.4 Å². The summed E-state index contributed by atoms with van der Waals surface area (Å²) in [5, 5.41) is 6.11. The molecule has 0 radical (unpaired) electrons. The van der Waals surface area contributed by atoms with Gasteiger partial charge in [-0.3, -0.25) is 9.59 Å². The van der Waals surface area contributed by atoms with Crippen LogP contribution in [0.3, 0.4) is 0 Å². The first kappa shape index (κ1) is 14.7. The van der Waals surface area contributed by atoms with Crippen molar-refractivity contribution < 1.29 is 4.79 Å². The number of aromatic amines is 1. The Morgan fingerprint density at radius 3 is 2.77 bits per heavy atom. The Morgan fingerprint density at radius 1 is 1.18 bits per heavy atom. The maximum absolute atomic E-state index is 12.4. The first-order chi connectivity index (χ1) is 10.6. The summed E-state index contributed by atoms with van der Waals surface area (Å²) in [6, 6.07) is 9.07. The molecule has 4 N–H and O–H groups in total. The Bertz CT molecular complexity index is 934. The van der Waals surface area contributed by atoms with Crippen LogP contribution in [0.15, 0.2) is 45.8 Å². The second kappa shape index (κ2) is 5.90. The maximum Gasteiger partial charge on any atom is 0.251 e. The topological polar surface area (TPSA) is 88.0 Å². The summed E-state index contributed by atoms with van der Waals surface area (Å²) in [5.41, 5.74) is 5.66. The van der Waals surface area contributed by atoms with E-state index in [9.17, 15) is 9.59 Å². The van der Waals surface area contributed by atoms with Crippen LogP contribution in [0.1, 0.15) is 10.4 Å². The second-order valence-electron chi connectivity index (χ2n) is 4.96. The number of fused-ring (bicyclic) bond motifs is 3. The van der Waals surface area contributed by atoms with Crippen molar-refractivity contribution in [1.29, 1.82) is 0 Å². The summed E-state index contributed by atoms with van der Waals surface area (Å²) in [6.45, 7) is 0.757. The van der Waals surface area contributed by atoms with Gasteiger partial charge in [-0.25, -0.2) is 0 Å². The summed E-state index contributed by atoms with van der Waals surface area (Å²) in [7, 11) is 0. The van der Waals surface area contributed by atoms with Gasteiger partial charge in [-0.15, -0.1) is 0 Å². The van der Waals surface area contributed by atoms with E-state index in [1.165, 1.54) is 6.07 Å². The molecule has 0 fully saturated rings. The molecule has 3 rings (SSSR count). The summed E-state index contributed by atoms with van der Waals surface area (Å²) in [6.07, 6.45) is 1.64. The van der Waals surface area contributed by atoms with Gasteiger partial charge in [-0.05, 0) is 29.0 Å². The van der Waals surface area contributed by atoms with Gasteiger partial charge in [-0.2, -0.15) is 0 Å². The Hall–Kier alpha value is -2.18. The van der Waals surface area contributed by atoms with Gasteiger partial charge in [0.2, 0.25) is 5.56 Å². The lowest BCUT2D eigenvalue weighted by atomic mass is 9.98. The van der Waals surface area contributed by atoms with Gasteiger partial charge in [0.25, 0.3) is 5.91 Å². The minimum Gasteiger partial charge on any atom is -0.351 e. The smallest absolute Gasteiger partial charge is 0.251 e. The summed E-state index contributed by atoms with van der Waals surface area (Å²) >= 11 is 3.45. The number of hydrogen-bond donors (Lipinski definition) is 3. The van der Waals surface area contributed by atoms with E-state index in [4.69, 9.17) is 5.73 Å². The molecular weight excluding hydrogens is 346 g/mol. The first-order valence-electron chi connectivity index (χ1n) is 6.83. The van der Waals surface area contributed by atoms with Gasteiger partial charge < -0.3 is 16.0 Å². The van der Waals surface area contributed by atoms with Gasteiger partial charge in [0.05, 0.1) is 0 Å². The van der Waals surface area contributed by atoms with Gasteiger partial charge in [0, 0.05) is 46.2 Å². The molecule has 1 amide bonds. The zero-order valence-electron chi connectivity index (χ0n) is 11.7. The predicted octanol–water partition coefficient (Wildman–Crippen LogP) is 2.13. The van der Waals surface area contributed by atoms with Crippen LogP contribution in [-0.2, 0) is 0 Å². The van der Waals surface area contributed by atoms with Crippen molar-refractivity contribution in [3.05, 3.63) is 56.9 Å². The Morgan fingerprint density at radius 2 is 2.00 bits per heavy atom. The highest BCUT2D eigenvalue weighted by Crippen LogP contribution is 2.29. The number of hydrogen-bond acceptors (Lipinski definition) is 3. The van der Waals surface area contributed by atoms with Crippen molar-refractivity contribution in [1.82, 2.24) is 10.3 Å². The molecule has 0 saturated heterocycles. The van der Waals surface area contributed by atoms with Crippen LogP contribution in [0.5, 0.6) is 0 Å². The normalized spacial score (nSPS) is 11.0. The molecule has 0 aliphatic rings. The molecule has 0 atom stereocenters.